The van der Waals surface area contributed by atoms with E-state index in [4.69, 9.17) is 5.26 Å². The summed E-state index contributed by atoms with van der Waals surface area (Å²) in [5.74, 6) is -2.93. The molecule has 1 N–H and O–H groups in total. The zero-order valence-corrected chi connectivity index (χ0v) is 10.7. The number of hydrogen-bond acceptors (Lipinski definition) is 2. The highest BCUT2D eigenvalue weighted by Gasteiger charge is 2.25. The van der Waals surface area contributed by atoms with Crippen molar-refractivity contribution < 1.29 is 13.6 Å². The van der Waals surface area contributed by atoms with Gasteiger partial charge in [-0.3, -0.25) is 4.79 Å². The minimum absolute atomic E-state index is 0.198. The fourth-order valence-electron chi connectivity index (χ4n) is 1.13. The Bertz CT molecular complexity index is 486. The molecule has 0 fully saturated rings. The largest absolute Gasteiger partial charge is 0.334 e. The molecular weight excluding hydrogens is 294 g/mol. The molecule has 0 radical (unpaired) electrons. The molecule has 0 spiro atoms. The molecule has 90 valence electrons. The third-order valence-corrected chi connectivity index (χ3v) is 2.40. The Hall–Kier alpha value is -1.48. The first-order valence-corrected chi connectivity index (χ1v) is 5.44. The van der Waals surface area contributed by atoms with E-state index in [1.807, 2.05) is 0 Å². The van der Waals surface area contributed by atoms with Gasteiger partial charge in [-0.1, -0.05) is 15.9 Å². The zero-order chi connectivity index (χ0) is 13.2. The second-order valence-electron chi connectivity index (χ2n) is 3.94. The molecule has 1 aromatic carbocycles. The molecule has 0 unspecified atom stereocenters. The van der Waals surface area contributed by atoms with Crippen LogP contribution in [-0.2, 0) is 0 Å². The first-order valence-electron chi connectivity index (χ1n) is 4.65. The van der Waals surface area contributed by atoms with Crippen molar-refractivity contribution in [2.75, 3.05) is 0 Å². The van der Waals surface area contributed by atoms with Gasteiger partial charge >= 0.3 is 0 Å². The van der Waals surface area contributed by atoms with E-state index in [0.717, 1.165) is 12.1 Å². The molecule has 0 aromatic heterocycles. The van der Waals surface area contributed by atoms with E-state index in [9.17, 15) is 13.6 Å². The topological polar surface area (TPSA) is 52.9 Å². The second-order valence-corrected chi connectivity index (χ2v) is 4.85. The number of nitrogens with zero attached hydrogens (tertiary/aromatic N) is 1. The molecule has 6 heteroatoms. The van der Waals surface area contributed by atoms with Crippen molar-refractivity contribution in [2.24, 2.45) is 0 Å². The molecule has 0 aliphatic heterocycles. The first-order chi connectivity index (χ1) is 7.76. The summed E-state index contributed by atoms with van der Waals surface area (Å²) < 4.78 is 27.1. The molecule has 3 nitrogen and oxygen atoms in total. The van der Waals surface area contributed by atoms with Gasteiger partial charge in [0.25, 0.3) is 5.91 Å². The van der Waals surface area contributed by atoms with Gasteiger partial charge in [0.05, 0.1) is 6.07 Å². The summed E-state index contributed by atoms with van der Waals surface area (Å²) in [5.41, 5.74) is -1.89. The van der Waals surface area contributed by atoms with Crippen LogP contribution in [0.5, 0.6) is 0 Å². The van der Waals surface area contributed by atoms with Crippen LogP contribution in [0.2, 0.25) is 0 Å². The number of nitriles is 1. The van der Waals surface area contributed by atoms with Crippen molar-refractivity contribution in [1.29, 1.82) is 5.26 Å². The van der Waals surface area contributed by atoms with Gasteiger partial charge in [0.1, 0.15) is 22.7 Å². The summed E-state index contributed by atoms with van der Waals surface area (Å²) in [6.45, 7) is 2.86. The van der Waals surface area contributed by atoms with E-state index in [0.29, 0.717) is 0 Å². The molecule has 0 aliphatic rings. The third kappa shape index (κ3) is 3.24. The van der Waals surface area contributed by atoms with Gasteiger partial charge in [-0.2, -0.15) is 5.26 Å². The highest BCUT2D eigenvalue weighted by atomic mass is 79.9. The average molecular weight is 303 g/mol. The number of nitrogens with one attached hydrogen (secondary N) is 1. The van der Waals surface area contributed by atoms with Gasteiger partial charge < -0.3 is 5.32 Å². The lowest BCUT2D eigenvalue weighted by Crippen LogP contribution is -2.42. The van der Waals surface area contributed by atoms with Crippen molar-refractivity contribution in [3.63, 3.8) is 0 Å². The van der Waals surface area contributed by atoms with Gasteiger partial charge in [-0.05, 0) is 26.0 Å². The van der Waals surface area contributed by atoms with Crippen LogP contribution in [0.15, 0.2) is 16.6 Å². The molecule has 0 bridgehead atoms. The molecule has 1 rings (SSSR count). The maximum absolute atomic E-state index is 13.4. The number of rotatable bonds is 2. The van der Waals surface area contributed by atoms with E-state index in [-0.39, 0.29) is 4.47 Å². The fourth-order valence-corrected chi connectivity index (χ4v) is 1.54. The number of amides is 1. The molecule has 0 saturated heterocycles. The van der Waals surface area contributed by atoms with Crippen molar-refractivity contribution >= 4 is 21.8 Å². The van der Waals surface area contributed by atoms with Crippen LogP contribution in [0.1, 0.15) is 24.2 Å². The standard InChI is InChI=1S/C11H9BrF2N2O/c1-11(2,5-15)16-10(17)9-7(13)3-6(12)4-8(9)14/h3-4H,1-2H3,(H,16,17). The van der Waals surface area contributed by atoms with Crippen LogP contribution in [0, 0.1) is 23.0 Å². The molecule has 1 aromatic rings. The van der Waals surface area contributed by atoms with Crippen molar-refractivity contribution in [3.8, 4) is 6.07 Å². The minimum Gasteiger partial charge on any atom is -0.334 e. The van der Waals surface area contributed by atoms with Crippen LogP contribution in [0.25, 0.3) is 0 Å². The van der Waals surface area contributed by atoms with Gasteiger partial charge in [0.2, 0.25) is 0 Å². The number of benzene rings is 1. The van der Waals surface area contributed by atoms with Crippen LogP contribution < -0.4 is 5.32 Å². The number of halogens is 3. The lowest BCUT2D eigenvalue weighted by Gasteiger charge is -2.17. The molecule has 0 heterocycles. The second kappa shape index (κ2) is 4.80. The van der Waals surface area contributed by atoms with Crippen molar-refractivity contribution in [2.45, 2.75) is 19.4 Å². The van der Waals surface area contributed by atoms with Gasteiger partial charge in [0, 0.05) is 4.47 Å². The lowest BCUT2D eigenvalue weighted by atomic mass is 10.1. The van der Waals surface area contributed by atoms with Crippen LogP contribution in [-0.4, -0.2) is 11.4 Å². The maximum atomic E-state index is 13.4. The molecule has 0 aliphatic carbocycles. The van der Waals surface area contributed by atoms with E-state index in [1.165, 1.54) is 13.8 Å². The Morgan fingerprint density at radius 3 is 2.29 bits per heavy atom. The Morgan fingerprint density at radius 2 is 1.88 bits per heavy atom. The smallest absolute Gasteiger partial charge is 0.258 e. The van der Waals surface area contributed by atoms with Crippen molar-refractivity contribution in [1.82, 2.24) is 5.32 Å². The zero-order valence-electron chi connectivity index (χ0n) is 9.14. The summed E-state index contributed by atoms with van der Waals surface area (Å²) in [6, 6.07) is 3.77. The van der Waals surface area contributed by atoms with Crippen molar-refractivity contribution in [3.05, 3.63) is 33.8 Å². The molecule has 17 heavy (non-hydrogen) atoms. The van der Waals surface area contributed by atoms with E-state index in [1.54, 1.807) is 6.07 Å². The Kier molecular flexibility index (Phi) is 3.83. The van der Waals surface area contributed by atoms with Gasteiger partial charge in [0.15, 0.2) is 0 Å². The van der Waals surface area contributed by atoms with Crippen LogP contribution in [0.3, 0.4) is 0 Å². The Balaban J connectivity index is 3.11. The summed E-state index contributed by atoms with van der Waals surface area (Å²) >= 11 is 2.91. The summed E-state index contributed by atoms with van der Waals surface area (Å²) in [5, 5.41) is 10.9. The molecule has 1 amide bonds. The number of hydrogen-bond donors (Lipinski definition) is 1. The quantitative estimate of drug-likeness (QED) is 0.913. The van der Waals surface area contributed by atoms with E-state index >= 15 is 0 Å². The average Bonchev–Trinajstić information content (AvgIpc) is 2.14. The highest BCUT2D eigenvalue weighted by molar-refractivity contribution is 9.10. The summed E-state index contributed by atoms with van der Waals surface area (Å²) in [7, 11) is 0. The minimum atomic E-state index is -1.19. The summed E-state index contributed by atoms with van der Waals surface area (Å²) in [6.07, 6.45) is 0. The SMILES string of the molecule is CC(C)(C#N)NC(=O)c1c(F)cc(Br)cc1F. The fraction of sp³-hybridized carbons (Fsp3) is 0.273. The molecule has 0 atom stereocenters. The Labute approximate surface area is 106 Å². The first kappa shape index (κ1) is 13.6. The highest BCUT2D eigenvalue weighted by Crippen LogP contribution is 2.20. The normalized spacial score (nSPS) is 10.8. The van der Waals surface area contributed by atoms with Gasteiger partial charge in [-0.15, -0.1) is 0 Å². The Morgan fingerprint density at radius 1 is 1.41 bits per heavy atom. The number of carbonyl (C=O) groups excluding carboxylic acids is 1. The van der Waals surface area contributed by atoms with Crippen LogP contribution >= 0.6 is 15.9 Å². The monoisotopic (exact) mass is 302 g/mol. The maximum Gasteiger partial charge on any atom is 0.258 e. The predicted octanol–water partition coefficient (Wildman–Crippen LogP) is 2.76. The number of carbonyl (C=O) groups is 1. The van der Waals surface area contributed by atoms with Gasteiger partial charge in [-0.25, -0.2) is 8.78 Å². The molecular formula is C11H9BrF2N2O. The van der Waals surface area contributed by atoms with Crippen LogP contribution in [0.4, 0.5) is 8.78 Å². The van der Waals surface area contributed by atoms with E-state index in [2.05, 4.69) is 21.2 Å². The predicted molar refractivity (Wildman–Crippen MR) is 61.2 cm³/mol. The van der Waals surface area contributed by atoms with E-state index < -0.39 is 28.6 Å². The lowest BCUT2D eigenvalue weighted by molar-refractivity contribution is 0.0920. The summed E-state index contributed by atoms with van der Waals surface area (Å²) in [4.78, 5) is 11.6. The third-order valence-electron chi connectivity index (χ3n) is 1.94. The molecule has 0 saturated carbocycles.